The van der Waals surface area contributed by atoms with Gasteiger partial charge in [-0.05, 0) is 35.4 Å². The lowest BCUT2D eigenvalue weighted by atomic mass is 10.1. The Morgan fingerprint density at radius 2 is 1.23 bits per heavy atom. The van der Waals surface area contributed by atoms with Gasteiger partial charge in [-0.15, -0.1) is 0 Å². The smallest absolute Gasteiger partial charge is 0.338 e. The average Bonchev–Trinajstić information content (AvgIpc) is 2.61. The van der Waals surface area contributed by atoms with Crippen molar-refractivity contribution in [3.8, 4) is 11.1 Å². The molecule has 22 heavy (non-hydrogen) atoms. The summed E-state index contributed by atoms with van der Waals surface area (Å²) in [5.74, 6) is -0.410. The summed E-state index contributed by atoms with van der Waals surface area (Å²) in [7, 11) is 0. The third kappa shape index (κ3) is 3.33. The molecule has 0 aliphatic heterocycles. The number of anilines is 1. The average molecular weight is 289 g/mol. The maximum absolute atomic E-state index is 11.8. The molecule has 0 heterocycles. The van der Waals surface area contributed by atoms with Crippen LogP contribution in [0.3, 0.4) is 0 Å². The van der Waals surface area contributed by atoms with Crippen LogP contribution >= 0.6 is 0 Å². The molecule has 3 aromatic carbocycles. The van der Waals surface area contributed by atoms with Gasteiger partial charge in [0.05, 0.1) is 11.3 Å². The van der Waals surface area contributed by atoms with Crippen molar-refractivity contribution in [1.82, 2.24) is 0 Å². The Morgan fingerprint density at radius 1 is 0.682 bits per heavy atom. The van der Waals surface area contributed by atoms with Crippen LogP contribution < -0.4 is 5.48 Å². The molecule has 3 nitrogen and oxygen atoms in total. The lowest BCUT2D eigenvalue weighted by Gasteiger charge is -2.08. The van der Waals surface area contributed by atoms with Crippen molar-refractivity contribution >= 4 is 11.7 Å². The Balaban J connectivity index is 1.63. The van der Waals surface area contributed by atoms with Crippen molar-refractivity contribution in [1.29, 1.82) is 0 Å². The van der Waals surface area contributed by atoms with Crippen LogP contribution in [-0.4, -0.2) is 5.97 Å². The topological polar surface area (TPSA) is 38.3 Å². The zero-order chi connectivity index (χ0) is 15.2. The molecule has 0 spiro atoms. The van der Waals surface area contributed by atoms with E-state index >= 15 is 0 Å². The highest BCUT2D eigenvalue weighted by Crippen LogP contribution is 2.21. The van der Waals surface area contributed by atoms with Crippen LogP contribution in [-0.2, 0) is 4.84 Å². The number of benzene rings is 3. The van der Waals surface area contributed by atoms with E-state index in [2.05, 4.69) is 17.6 Å². The summed E-state index contributed by atoms with van der Waals surface area (Å²) < 4.78 is 0. The lowest BCUT2D eigenvalue weighted by molar-refractivity contribution is 0.0596. The first-order chi connectivity index (χ1) is 10.8. The number of hydrogen-bond acceptors (Lipinski definition) is 3. The standard InChI is InChI=1S/C19H15NO2/c21-19(17-9-5-2-6-10-17)22-20-18-13-11-16(12-14-18)15-7-3-1-4-8-15/h1-14,20H. The maximum Gasteiger partial charge on any atom is 0.362 e. The Labute approximate surface area is 129 Å². The highest BCUT2D eigenvalue weighted by molar-refractivity contribution is 5.89. The summed E-state index contributed by atoms with van der Waals surface area (Å²) in [5.41, 5.74) is 6.17. The molecular weight excluding hydrogens is 274 g/mol. The third-order valence-electron chi connectivity index (χ3n) is 3.26. The number of nitrogens with one attached hydrogen (secondary N) is 1. The van der Waals surface area contributed by atoms with Gasteiger partial charge < -0.3 is 4.84 Å². The first-order valence-corrected chi connectivity index (χ1v) is 7.01. The largest absolute Gasteiger partial charge is 0.362 e. The second kappa shape index (κ2) is 6.59. The van der Waals surface area contributed by atoms with Gasteiger partial charge in [-0.2, -0.15) is 0 Å². The van der Waals surface area contributed by atoms with E-state index in [1.807, 2.05) is 48.5 Å². The number of carbonyl (C=O) groups excluding carboxylic acids is 1. The van der Waals surface area contributed by atoms with Crippen molar-refractivity contribution in [3.05, 3.63) is 90.5 Å². The molecule has 0 unspecified atom stereocenters. The highest BCUT2D eigenvalue weighted by atomic mass is 16.7. The van der Waals surface area contributed by atoms with Gasteiger partial charge in [0.1, 0.15) is 0 Å². The molecule has 108 valence electrons. The minimum absolute atomic E-state index is 0.410. The van der Waals surface area contributed by atoms with E-state index in [1.165, 1.54) is 0 Å². The number of carbonyl (C=O) groups is 1. The SMILES string of the molecule is O=C(ONc1ccc(-c2ccccc2)cc1)c1ccccc1. The molecule has 0 aromatic heterocycles. The molecule has 3 heteroatoms. The van der Waals surface area contributed by atoms with Crippen molar-refractivity contribution < 1.29 is 9.63 Å². The van der Waals surface area contributed by atoms with Crippen LogP contribution in [0.5, 0.6) is 0 Å². The molecule has 3 aromatic rings. The monoisotopic (exact) mass is 289 g/mol. The zero-order valence-electron chi connectivity index (χ0n) is 11.9. The van der Waals surface area contributed by atoms with Gasteiger partial charge in [0.2, 0.25) is 0 Å². The fourth-order valence-corrected chi connectivity index (χ4v) is 2.10. The number of rotatable bonds is 4. The Kier molecular flexibility index (Phi) is 4.16. The van der Waals surface area contributed by atoms with Gasteiger partial charge in [-0.1, -0.05) is 60.7 Å². The summed E-state index contributed by atoms with van der Waals surface area (Å²) in [6.45, 7) is 0. The molecule has 0 aliphatic rings. The van der Waals surface area contributed by atoms with Crippen LogP contribution in [0.4, 0.5) is 5.69 Å². The summed E-state index contributed by atoms with van der Waals surface area (Å²) in [4.78, 5) is 16.9. The van der Waals surface area contributed by atoms with Crippen molar-refractivity contribution in [2.75, 3.05) is 5.48 Å². The summed E-state index contributed by atoms with van der Waals surface area (Å²) in [6, 6.07) is 26.7. The van der Waals surface area contributed by atoms with E-state index in [0.717, 1.165) is 16.8 Å². The van der Waals surface area contributed by atoms with Crippen LogP contribution in [0.1, 0.15) is 10.4 Å². The van der Waals surface area contributed by atoms with Crippen molar-refractivity contribution in [2.45, 2.75) is 0 Å². The minimum atomic E-state index is -0.410. The molecule has 3 rings (SSSR count). The van der Waals surface area contributed by atoms with E-state index in [1.54, 1.807) is 24.3 Å². The van der Waals surface area contributed by atoms with E-state index in [0.29, 0.717) is 5.56 Å². The van der Waals surface area contributed by atoms with Crippen LogP contribution in [0.25, 0.3) is 11.1 Å². The second-order valence-electron chi connectivity index (χ2n) is 4.80. The molecule has 0 bridgehead atoms. The second-order valence-corrected chi connectivity index (χ2v) is 4.80. The molecule has 0 aliphatic carbocycles. The van der Waals surface area contributed by atoms with Gasteiger partial charge in [-0.25, -0.2) is 10.3 Å². The van der Waals surface area contributed by atoms with Gasteiger partial charge in [0.25, 0.3) is 0 Å². The molecular formula is C19H15NO2. The number of hydrogen-bond donors (Lipinski definition) is 1. The van der Waals surface area contributed by atoms with Gasteiger partial charge >= 0.3 is 5.97 Å². The first-order valence-electron chi connectivity index (χ1n) is 7.01. The Hall–Kier alpha value is -3.07. The maximum atomic E-state index is 11.8. The van der Waals surface area contributed by atoms with Crippen molar-refractivity contribution in [3.63, 3.8) is 0 Å². The van der Waals surface area contributed by atoms with Crippen LogP contribution in [0.15, 0.2) is 84.9 Å². The minimum Gasteiger partial charge on any atom is -0.338 e. The summed E-state index contributed by atoms with van der Waals surface area (Å²) in [5, 5.41) is 0. The predicted molar refractivity (Wildman–Crippen MR) is 87.4 cm³/mol. The molecule has 0 amide bonds. The first kappa shape index (κ1) is 13.9. The van der Waals surface area contributed by atoms with E-state index in [4.69, 9.17) is 4.84 Å². The van der Waals surface area contributed by atoms with Crippen LogP contribution in [0, 0.1) is 0 Å². The molecule has 0 saturated heterocycles. The van der Waals surface area contributed by atoms with Gasteiger partial charge in [0, 0.05) is 0 Å². The molecule has 0 saturated carbocycles. The Morgan fingerprint density at radius 3 is 1.86 bits per heavy atom. The highest BCUT2D eigenvalue weighted by Gasteiger charge is 2.06. The quantitative estimate of drug-likeness (QED) is 0.717. The van der Waals surface area contributed by atoms with E-state index in [9.17, 15) is 4.79 Å². The molecule has 1 N–H and O–H groups in total. The predicted octanol–water partition coefficient (Wildman–Crippen LogP) is 4.54. The zero-order valence-corrected chi connectivity index (χ0v) is 11.9. The van der Waals surface area contributed by atoms with E-state index in [-0.39, 0.29) is 0 Å². The normalized spacial score (nSPS) is 10.0. The van der Waals surface area contributed by atoms with Crippen LogP contribution in [0.2, 0.25) is 0 Å². The lowest BCUT2D eigenvalue weighted by Crippen LogP contribution is -2.10. The van der Waals surface area contributed by atoms with Crippen molar-refractivity contribution in [2.24, 2.45) is 0 Å². The fraction of sp³-hybridized carbons (Fsp3) is 0. The van der Waals surface area contributed by atoms with Gasteiger partial charge in [0.15, 0.2) is 0 Å². The third-order valence-corrected chi connectivity index (χ3v) is 3.26. The van der Waals surface area contributed by atoms with Gasteiger partial charge in [-0.3, -0.25) is 0 Å². The summed E-state index contributed by atoms with van der Waals surface area (Å²) in [6.07, 6.45) is 0. The molecule has 0 radical (unpaired) electrons. The molecule has 0 fully saturated rings. The molecule has 0 atom stereocenters. The summed E-state index contributed by atoms with van der Waals surface area (Å²) >= 11 is 0. The Bertz CT molecular complexity index is 737. The van der Waals surface area contributed by atoms with E-state index < -0.39 is 5.97 Å². The fourth-order valence-electron chi connectivity index (χ4n) is 2.10.